The molecule has 0 unspecified atom stereocenters. The number of nitrogens with one attached hydrogen (secondary N) is 2. The van der Waals surface area contributed by atoms with Gasteiger partial charge in [0.25, 0.3) is 0 Å². The minimum absolute atomic E-state index is 0.0228. The number of amidine groups is 1. The number of thiophene rings is 1. The number of nitrogens with zero attached hydrogens (tertiary/aromatic N) is 1. The molecule has 0 aliphatic carbocycles. The van der Waals surface area contributed by atoms with Crippen LogP contribution in [-0.2, 0) is 19.6 Å². The molecule has 2 aromatic rings. The van der Waals surface area contributed by atoms with Gasteiger partial charge in [-0.15, -0.1) is 11.3 Å². The molecule has 1 aliphatic rings. The molecule has 0 saturated carbocycles. The number of rotatable bonds is 12. The van der Waals surface area contributed by atoms with Gasteiger partial charge in [-0.1, -0.05) is 43.2 Å². The molecule has 2 heterocycles. The van der Waals surface area contributed by atoms with E-state index in [1.807, 2.05) is 30.3 Å². The highest BCUT2D eigenvalue weighted by Gasteiger charge is 2.35. The van der Waals surface area contributed by atoms with Gasteiger partial charge < -0.3 is 9.53 Å². The van der Waals surface area contributed by atoms with Crippen LogP contribution in [0.4, 0.5) is 0 Å². The van der Waals surface area contributed by atoms with Gasteiger partial charge in [0.1, 0.15) is 21.6 Å². The maximum atomic E-state index is 13.2. The van der Waals surface area contributed by atoms with Gasteiger partial charge in [0.15, 0.2) is 11.9 Å². The third-order valence-corrected chi connectivity index (χ3v) is 7.66. The summed E-state index contributed by atoms with van der Waals surface area (Å²) in [7, 11) is -2.80. The first-order chi connectivity index (χ1) is 15.8. The minimum atomic E-state index is -4.02. The lowest BCUT2D eigenvalue weighted by atomic mass is 10.1. The molecule has 1 aromatic heterocycles. The van der Waals surface area contributed by atoms with Crippen molar-refractivity contribution >= 4 is 44.6 Å². The lowest BCUT2D eigenvalue weighted by Crippen LogP contribution is -2.46. The maximum absolute atomic E-state index is 13.2. The number of aliphatic imine (C=N–C) groups is 1. The first-order valence-electron chi connectivity index (χ1n) is 10.6. The summed E-state index contributed by atoms with van der Waals surface area (Å²) in [6.07, 6.45) is 4.90. The van der Waals surface area contributed by atoms with Gasteiger partial charge in [-0.05, 0) is 36.2 Å². The monoisotopic (exact) mass is 489 g/mol. The van der Waals surface area contributed by atoms with Crippen molar-refractivity contribution in [2.24, 2.45) is 0 Å². The first-order valence-corrected chi connectivity index (χ1v) is 13.0. The number of hydrogen-bond donors (Lipinski definition) is 2. The van der Waals surface area contributed by atoms with Gasteiger partial charge in [-0.25, -0.2) is 18.5 Å². The van der Waals surface area contributed by atoms with Gasteiger partial charge in [0.2, 0.25) is 10.0 Å². The second kappa shape index (κ2) is 11.4. The zero-order valence-corrected chi connectivity index (χ0v) is 20.2. The molecular weight excluding hydrogens is 462 g/mol. The van der Waals surface area contributed by atoms with Crippen LogP contribution in [0.2, 0.25) is 0 Å². The van der Waals surface area contributed by atoms with Crippen LogP contribution < -0.4 is 15.0 Å². The van der Waals surface area contributed by atoms with Crippen molar-refractivity contribution in [1.29, 1.82) is 0 Å². The molecule has 10 heteroatoms. The number of esters is 1. The van der Waals surface area contributed by atoms with E-state index in [-0.39, 0.29) is 15.6 Å². The smallest absolute Gasteiger partial charge is 0.349 e. The van der Waals surface area contributed by atoms with Gasteiger partial charge in [0.05, 0.1) is 7.11 Å². The molecule has 0 bridgehead atoms. The molecular formula is C23H27N3O5S2+. The van der Waals surface area contributed by atoms with Crippen molar-refractivity contribution in [2.75, 3.05) is 7.11 Å². The number of ether oxygens (including phenoxy) is 1. The number of carbonyl (C=O) groups excluding carboxylic acids is 2. The number of Topliss-reactive ketones (excluding diaryl/α,β-unsaturated/α-hetero) is 1. The average molecular weight is 490 g/mol. The van der Waals surface area contributed by atoms with E-state index < -0.39 is 22.0 Å². The Labute approximate surface area is 197 Å². The van der Waals surface area contributed by atoms with Crippen molar-refractivity contribution in [1.82, 2.24) is 15.0 Å². The average Bonchev–Trinajstić information content (AvgIpc) is 3.48. The van der Waals surface area contributed by atoms with E-state index in [4.69, 9.17) is 4.74 Å². The number of unbranched alkanes of at least 4 members (excludes halogenated alkanes) is 2. The Balaban J connectivity index is 1.75. The van der Waals surface area contributed by atoms with E-state index in [0.29, 0.717) is 25.1 Å². The number of methoxy groups -OCH3 is 1. The second-order valence-corrected chi connectivity index (χ2v) is 10.2. The number of benzene rings is 1. The summed E-state index contributed by atoms with van der Waals surface area (Å²) in [5.74, 6) is -0.0760. The molecule has 1 aliphatic heterocycles. The van der Waals surface area contributed by atoms with Crippen LogP contribution in [0, 0.1) is 0 Å². The summed E-state index contributed by atoms with van der Waals surface area (Å²) in [5, 5.41) is 4.76. The number of ketones is 1. The van der Waals surface area contributed by atoms with Crippen molar-refractivity contribution in [2.45, 2.75) is 50.0 Å². The summed E-state index contributed by atoms with van der Waals surface area (Å²) in [6.45, 7) is 1.56. The van der Waals surface area contributed by atoms with Gasteiger partial charge in [0, 0.05) is 12.0 Å². The Morgan fingerprint density at radius 1 is 1.15 bits per heavy atom. The number of sulfonamides is 1. The molecule has 175 valence electrons. The van der Waals surface area contributed by atoms with Crippen molar-refractivity contribution in [3.05, 3.63) is 58.4 Å². The normalized spacial score (nSPS) is 14.2. The molecule has 2 N–H and O–H groups in total. The zero-order valence-electron chi connectivity index (χ0n) is 18.5. The molecule has 0 spiro atoms. The Bertz CT molecular complexity index is 1150. The van der Waals surface area contributed by atoms with E-state index in [2.05, 4.69) is 15.0 Å². The predicted molar refractivity (Wildman–Crippen MR) is 128 cm³/mol. The van der Waals surface area contributed by atoms with Crippen LogP contribution in [0.25, 0.3) is 5.70 Å². The lowest BCUT2D eigenvalue weighted by Gasteiger charge is -2.16. The van der Waals surface area contributed by atoms with E-state index in [9.17, 15) is 18.0 Å². The highest BCUT2D eigenvalue weighted by atomic mass is 32.2. The van der Waals surface area contributed by atoms with E-state index in [1.54, 1.807) is 13.1 Å². The highest BCUT2D eigenvalue weighted by Crippen LogP contribution is 2.24. The SMILES string of the molecule is COC(=O)c1sccc1S(=O)(=O)N[C@@H](CCCCCC(C)=O)C1=[N+]C=C(c2ccccc2)N1. The molecule has 1 atom stereocenters. The minimum Gasteiger partial charge on any atom is -0.465 e. The summed E-state index contributed by atoms with van der Waals surface area (Å²) in [4.78, 5) is 27.5. The van der Waals surface area contributed by atoms with Crippen LogP contribution >= 0.6 is 11.3 Å². The molecule has 8 nitrogen and oxygen atoms in total. The number of carbonyl (C=O) groups is 2. The van der Waals surface area contributed by atoms with E-state index in [1.165, 1.54) is 18.6 Å². The summed E-state index contributed by atoms with van der Waals surface area (Å²) in [6, 6.07) is 10.4. The second-order valence-electron chi connectivity index (χ2n) is 7.63. The quantitative estimate of drug-likeness (QED) is 0.350. The Hall–Kier alpha value is -2.82. The summed E-state index contributed by atoms with van der Waals surface area (Å²) < 4.78 is 33.8. The van der Waals surface area contributed by atoms with Crippen LogP contribution in [0.15, 0.2) is 52.9 Å². The van der Waals surface area contributed by atoms with Crippen LogP contribution in [0.3, 0.4) is 0 Å². The Morgan fingerprint density at radius 2 is 1.91 bits per heavy atom. The van der Waals surface area contributed by atoms with Crippen LogP contribution in [0.5, 0.6) is 0 Å². The van der Waals surface area contributed by atoms with Crippen LogP contribution in [-0.4, -0.2) is 39.2 Å². The Kier molecular flexibility index (Phi) is 8.54. The van der Waals surface area contributed by atoms with E-state index >= 15 is 0 Å². The third kappa shape index (κ3) is 6.59. The van der Waals surface area contributed by atoms with Crippen LogP contribution in [0.1, 0.15) is 54.3 Å². The van der Waals surface area contributed by atoms with Crippen molar-refractivity contribution in [3.63, 3.8) is 0 Å². The standard InChI is InChI=1S/C23H27N3O5S2/c1-16(27)9-5-3-8-12-18(22-24-15-19(25-22)17-10-6-4-7-11-17)26-33(29,30)20-13-14-32-21(20)23(28)31-2/h4,6-7,10-11,13-15,18,25-26H,3,5,8-9,12H2,1-2H3/q+1/t18-/m0/s1. The predicted octanol–water partition coefficient (Wildman–Crippen LogP) is 3.06. The summed E-state index contributed by atoms with van der Waals surface area (Å²) >= 11 is 1.01. The summed E-state index contributed by atoms with van der Waals surface area (Å²) in [5.41, 5.74) is 1.71. The van der Waals surface area contributed by atoms with Crippen molar-refractivity contribution < 1.29 is 22.7 Å². The topological polar surface area (TPSA) is 116 Å². The molecule has 3 rings (SSSR count). The fourth-order valence-electron chi connectivity index (χ4n) is 3.43. The van der Waals surface area contributed by atoms with Gasteiger partial charge in [-0.3, -0.25) is 0 Å². The van der Waals surface area contributed by atoms with Gasteiger partial charge in [-0.2, -0.15) is 4.72 Å². The Morgan fingerprint density at radius 3 is 2.61 bits per heavy atom. The molecule has 1 radical (unpaired) electrons. The van der Waals surface area contributed by atoms with E-state index in [0.717, 1.165) is 35.4 Å². The molecule has 0 amide bonds. The fourth-order valence-corrected chi connectivity index (χ4v) is 6.00. The van der Waals surface area contributed by atoms with Gasteiger partial charge >= 0.3 is 11.8 Å². The fraction of sp³-hybridized carbons (Fsp3) is 0.348. The highest BCUT2D eigenvalue weighted by molar-refractivity contribution is 7.89. The molecule has 1 aromatic carbocycles. The molecule has 0 saturated heterocycles. The van der Waals surface area contributed by atoms with Crippen molar-refractivity contribution in [3.8, 4) is 0 Å². The molecule has 33 heavy (non-hydrogen) atoms. The number of hydrogen-bond acceptors (Lipinski definition) is 8. The largest absolute Gasteiger partial charge is 0.465 e. The molecule has 0 fully saturated rings. The maximum Gasteiger partial charge on any atom is 0.349 e. The lowest BCUT2D eigenvalue weighted by molar-refractivity contribution is -0.117. The third-order valence-electron chi connectivity index (χ3n) is 5.12. The zero-order chi connectivity index (χ0) is 23.8. The first kappa shape index (κ1) is 24.8.